The Balaban J connectivity index is 1.28. The highest BCUT2D eigenvalue weighted by atomic mass is 16.6. The summed E-state index contributed by atoms with van der Waals surface area (Å²) in [5, 5.41) is 4.44. The number of ether oxygens (including phenoxy) is 6. The average molecular weight is 489 g/mol. The van der Waals surface area contributed by atoms with Crippen molar-refractivity contribution in [1.82, 2.24) is 0 Å². The van der Waals surface area contributed by atoms with Crippen molar-refractivity contribution in [3.8, 4) is 23.0 Å². The Morgan fingerprint density at radius 2 is 0.722 bits per heavy atom. The minimum Gasteiger partial charge on any atom is -0.487 e. The van der Waals surface area contributed by atoms with Gasteiger partial charge < -0.3 is 28.4 Å². The standard InChI is InChI=1S/C30H32O6/c1-21-3-5-23-17-27-29(19-25(23)15-21)35-13-9-31-8-12-34-28-18-24-6-4-22(2)16-26(24)20-30(28)36-14-10-32-7-11-33-27/h3-6,15-20H,7-14H2,1-2H3. The van der Waals surface area contributed by atoms with E-state index in [4.69, 9.17) is 28.4 Å². The van der Waals surface area contributed by atoms with E-state index in [-0.39, 0.29) is 0 Å². The quantitative estimate of drug-likeness (QED) is 0.309. The van der Waals surface area contributed by atoms with Gasteiger partial charge >= 0.3 is 0 Å². The predicted octanol–water partition coefficient (Wildman–Crippen LogP) is 5.87. The number of hydrogen-bond acceptors (Lipinski definition) is 6. The molecular weight excluding hydrogens is 456 g/mol. The molecule has 0 aromatic heterocycles. The number of rotatable bonds is 0. The maximum absolute atomic E-state index is 6.04. The van der Waals surface area contributed by atoms with Crippen molar-refractivity contribution < 1.29 is 28.4 Å². The molecule has 0 saturated carbocycles. The van der Waals surface area contributed by atoms with Gasteiger partial charge in [-0.15, -0.1) is 0 Å². The molecule has 188 valence electrons. The van der Waals surface area contributed by atoms with Gasteiger partial charge in [0.25, 0.3) is 0 Å². The van der Waals surface area contributed by atoms with E-state index in [0.29, 0.717) is 75.9 Å². The summed E-state index contributed by atoms with van der Waals surface area (Å²) < 4.78 is 35.7. The second-order valence-electron chi connectivity index (χ2n) is 8.92. The SMILES string of the molecule is Cc1ccc2cc3c(cc2c1)OCCOCCOc1cc2ccc(C)cc2cc1OCCOCCO3. The van der Waals surface area contributed by atoms with E-state index in [1.54, 1.807) is 0 Å². The molecule has 1 heterocycles. The van der Waals surface area contributed by atoms with Crippen LogP contribution < -0.4 is 18.9 Å². The summed E-state index contributed by atoms with van der Waals surface area (Å²) in [6, 6.07) is 20.8. The Bertz CT molecular complexity index is 1230. The number of fused-ring (bicyclic) bond motifs is 4. The van der Waals surface area contributed by atoms with Crippen LogP contribution in [0.5, 0.6) is 23.0 Å². The Labute approximate surface area is 211 Å². The first-order chi connectivity index (χ1) is 17.7. The van der Waals surface area contributed by atoms with Crippen molar-refractivity contribution in [2.45, 2.75) is 13.8 Å². The molecule has 0 aliphatic carbocycles. The van der Waals surface area contributed by atoms with Crippen LogP contribution in [0.15, 0.2) is 60.7 Å². The minimum absolute atomic E-state index is 0.411. The average Bonchev–Trinajstić information content (AvgIpc) is 2.87. The molecule has 0 amide bonds. The fourth-order valence-corrected chi connectivity index (χ4v) is 4.25. The van der Waals surface area contributed by atoms with Gasteiger partial charge in [-0.25, -0.2) is 0 Å². The first-order valence-corrected chi connectivity index (χ1v) is 12.4. The third-order valence-corrected chi connectivity index (χ3v) is 6.06. The summed E-state index contributed by atoms with van der Waals surface area (Å²) in [6.07, 6.45) is 0. The molecule has 0 bridgehead atoms. The Kier molecular flexibility index (Phi) is 7.74. The zero-order valence-corrected chi connectivity index (χ0v) is 20.9. The van der Waals surface area contributed by atoms with Crippen molar-refractivity contribution in [3.63, 3.8) is 0 Å². The second kappa shape index (κ2) is 11.5. The molecule has 0 atom stereocenters. The zero-order chi connectivity index (χ0) is 24.7. The largest absolute Gasteiger partial charge is 0.487 e. The summed E-state index contributed by atoms with van der Waals surface area (Å²) in [6.45, 7) is 7.58. The van der Waals surface area contributed by atoms with E-state index in [0.717, 1.165) is 21.5 Å². The molecule has 0 fully saturated rings. The molecule has 0 radical (unpaired) electrons. The molecule has 36 heavy (non-hydrogen) atoms. The molecule has 0 N–H and O–H groups in total. The van der Waals surface area contributed by atoms with Crippen molar-refractivity contribution in [1.29, 1.82) is 0 Å². The van der Waals surface area contributed by atoms with E-state index in [2.05, 4.69) is 50.2 Å². The van der Waals surface area contributed by atoms with Crippen molar-refractivity contribution in [2.24, 2.45) is 0 Å². The fraction of sp³-hybridized carbons (Fsp3) is 0.333. The minimum atomic E-state index is 0.411. The van der Waals surface area contributed by atoms with Gasteiger partial charge in [-0.1, -0.05) is 47.5 Å². The highest BCUT2D eigenvalue weighted by Gasteiger charge is 2.11. The van der Waals surface area contributed by atoms with Crippen LogP contribution in [0.3, 0.4) is 0 Å². The lowest BCUT2D eigenvalue weighted by atomic mass is 10.1. The van der Waals surface area contributed by atoms with Crippen LogP contribution in [-0.2, 0) is 9.47 Å². The van der Waals surface area contributed by atoms with Crippen LogP contribution in [-0.4, -0.2) is 52.9 Å². The van der Waals surface area contributed by atoms with E-state index in [1.807, 2.05) is 24.3 Å². The van der Waals surface area contributed by atoms with Gasteiger partial charge in [-0.2, -0.15) is 0 Å². The summed E-state index contributed by atoms with van der Waals surface area (Å²) in [4.78, 5) is 0. The van der Waals surface area contributed by atoms with Gasteiger partial charge in [0, 0.05) is 0 Å². The van der Waals surface area contributed by atoms with Gasteiger partial charge in [0.15, 0.2) is 23.0 Å². The molecule has 5 rings (SSSR count). The monoisotopic (exact) mass is 488 g/mol. The highest BCUT2D eigenvalue weighted by Crippen LogP contribution is 2.34. The number of benzene rings is 4. The summed E-state index contributed by atoms with van der Waals surface area (Å²) >= 11 is 0. The topological polar surface area (TPSA) is 55.4 Å². The third-order valence-electron chi connectivity index (χ3n) is 6.06. The lowest BCUT2D eigenvalue weighted by molar-refractivity contribution is 0.0641. The Morgan fingerprint density at radius 3 is 1.08 bits per heavy atom. The van der Waals surface area contributed by atoms with Crippen molar-refractivity contribution in [2.75, 3.05) is 52.9 Å². The van der Waals surface area contributed by atoms with Crippen LogP contribution in [0.4, 0.5) is 0 Å². The third kappa shape index (κ3) is 6.01. The summed E-state index contributed by atoms with van der Waals surface area (Å²) in [5.74, 6) is 2.81. The molecule has 6 nitrogen and oxygen atoms in total. The number of hydrogen-bond donors (Lipinski definition) is 0. The lowest BCUT2D eigenvalue weighted by Gasteiger charge is -2.17. The number of aryl methyl sites for hydroxylation is 2. The molecule has 0 unspecified atom stereocenters. The fourth-order valence-electron chi connectivity index (χ4n) is 4.25. The zero-order valence-electron chi connectivity index (χ0n) is 20.9. The van der Waals surface area contributed by atoms with Crippen molar-refractivity contribution in [3.05, 3.63) is 71.8 Å². The lowest BCUT2D eigenvalue weighted by Crippen LogP contribution is -2.15. The van der Waals surface area contributed by atoms with Crippen LogP contribution in [0.1, 0.15) is 11.1 Å². The molecule has 6 heteroatoms. The van der Waals surface area contributed by atoms with Gasteiger partial charge in [0.2, 0.25) is 0 Å². The maximum Gasteiger partial charge on any atom is 0.161 e. The first-order valence-electron chi connectivity index (χ1n) is 12.4. The van der Waals surface area contributed by atoms with E-state index in [9.17, 15) is 0 Å². The molecule has 0 saturated heterocycles. The van der Waals surface area contributed by atoms with Crippen LogP contribution >= 0.6 is 0 Å². The molecule has 0 spiro atoms. The molecule has 4 aromatic rings. The molecule has 4 aromatic carbocycles. The smallest absolute Gasteiger partial charge is 0.161 e. The van der Waals surface area contributed by atoms with Crippen LogP contribution in [0.2, 0.25) is 0 Å². The Hall–Kier alpha value is -3.48. The van der Waals surface area contributed by atoms with Gasteiger partial charge in [0.1, 0.15) is 26.4 Å². The normalized spacial score (nSPS) is 15.8. The van der Waals surface area contributed by atoms with Gasteiger partial charge in [-0.3, -0.25) is 0 Å². The maximum atomic E-state index is 6.04. The van der Waals surface area contributed by atoms with E-state index in [1.165, 1.54) is 11.1 Å². The van der Waals surface area contributed by atoms with Crippen molar-refractivity contribution >= 4 is 21.5 Å². The van der Waals surface area contributed by atoms with Crippen LogP contribution in [0, 0.1) is 13.8 Å². The highest BCUT2D eigenvalue weighted by molar-refractivity contribution is 5.87. The molecule has 1 aliphatic rings. The van der Waals surface area contributed by atoms with E-state index >= 15 is 0 Å². The second-order valence-corrected chi connectivity index (χ2v) is 8.92. The first kappa shape index (κ1) is 24.2. The summed E-state index contributed by atoms with van der Waals surface area (Å²) in [7, 11) is 0. The van der Waals surface area contributed by atoms with Gasteiger partial charge in [0.05, 0.1) is 26.4 Å². The van der Waals surface area contributed by atoms with Crippen LogP contribution in [0.25, 0.3) is 21.5 Å². The van der Waals surface area contributed by atoms with Gasteiger partial charge in [-0.05, 0) is 59.7 Å². The summed E-state index contributed by atoms with van der Waals surface area (Å²) in [5.41, 5.74) is 2.40. The predicted molar refractivity (Wildman–Crippen MR) is 141 cm³/mol. The Morgan fingerprint density at radius 1 is 0.389 bits per heavy atom. The molecule has 1 aliphatic heterocycles. The van der Waals surface area contributed by atoms with E-state index < -0.39 is 0 Å². The molecular formula is C30H32O6.